The van der Waals surface area contributed by atoms with Crippen LogP contribution >= 0.6 is 0 Å². The number of para-hydroxylation sites is 1. The molecule has 2 unspecified atom stereocenters. The van der Waals surface area contributed by atoms with E-state index in [2.05, 4.69) is 5.32 Å². The van der Waals surface area contributed by atoms with Crippen molar-refractivity contribution in [2.75, 3.05) is 26.4 Å². The van der Waals surface area contributed by atoms with E-state index in [0.29, 0.717) is 26.4 Å². The summed E-state index contributed by atoms with van der Waals surface area (Å²) in [4.78, 5) is 0. The number of aliphatic hydroxyl groups excluding tert-OH is 1. The van der Waals surface area contributed by atoms with E-state index >= 15 is 0 Å². The zero-order valence-corrected chi connectivity index (χ0v) is 9.13. The number of rotatable bonds is 5. The van der Waals surface area contributed by atoms with Crippen LogP contribution in [-0.4, -0.2) is 43.6 Å². The van der Waals surface area contributed by atoms with Gasteiger partial charge in [0.25, 0.3) is 0 Å². The highest BCUT2D eigenvalue weighted by atomic mass is 16.5. The molecule has 0 aromatic heterocycles. The Bertz CT molecular complexity index is 304. The number of aliphatic hydroxyl groups is 1. The van der Waals surface area contributed by atoms with Crippen molar-refractivity contribution in [3.05, 3.63) is 30.3 Å². The zero-order valence-electron chi connectivity index (χ0n) is 9.13. The molecule has 2 atom stereocenters. The normalized spacial score (nSPS) is 24.6. The molecule has 2 N–H and O–H groups in total. The maximum atomic E-state index is 9.48. The molecule has 88 valence electrons. The minimum Gasteiger partial charge on any atom is -0.492 e. The topological polar surface area (TPSA) is 50.7 Å². The Morgan fingerprint density at radius 1 is 1.31 bits per heavy atom. The second-order valence-electron chi connectivity index (χ2n) is 3.83. The lowest BCUT2D eigenvalue weighted by Crippen LogP contribution is -2.40. The van der Waals surface area contributed by atoms with Crippen LogP contribution in [0.25, 0.3) is 0 Å². The van der Waals surface area contributed by atoms with Crippen molar-refractivity contribution in [1.82, 2.24) is 5.32 Å². The summed E-state index contributed by atoms with van der Waals surface area (Å²) in [6.07, 6.45) is -0.392. The molecule has 1 aromatic carbocycles. The molecule has 0 saturated carbocycles. The second-order valence-corrected chi connectivity index (χ2v) is 3.83. The third-order valence-electron chi connectivity index (χ3n) is 2.57. The molecule has 0 aliphatic carbocycles. The lowest BCUT2D eigenvalue weighted by atomic mass is 10.2. The fraction of sp³-hybridized carbons (Fsp3) is 0.500. The van der Waals surface area contributed by atoms with Gasteiger partial charge in [0.15, 0.2) is 0 Å². The lowest BCUT2D eigenvalue weighted by Gasteiger charge is -2.14. The summed E-state index contributed by atoms with van der Waals surface area (Å²) < 4.78 is 10.6. The van der Waals surface area contributed by atoms with Crippen LogP contribution in [0.3, 0.4) is 0 Å². The average molecular weight is 223 g/mol. The van der Waals surface area contributed by atoms with Gasteiger partial charge in [-0.25, -0.2) is 0 Å². The second kappa shape index (κ2) is 5.84. The Morgan fingerprint density at radius 2 is 2.12 bits per heavy atom. The first-order valence-corrected chi connectivity index (χ1v) is 5.53. The molecule has 1 heterocycles. The number of hydrogen-bond donors (Lipinski definition) is 2. The lowest BCUT2D eigenvalue weighted by molar-refractivity contribution is 0.122. The van der Waals surface area contributed by atoms with Crippen LogP contribution < -0.4 is 10.1 Å². The highest BCUT2D eigenvalue weighted by Gasteiger charge is 2.24. The molecular weight excluding hydrogens is 206 g/mol. The van der Waals surface area contributed by atoms with E-state index < -0.39 is 6.10 Å². The highest BCUT2D eigenvalue weighted by molar-refractivity contribution is 5.20. The molecule has 1 saturated heterocycles. The van der Waals surface area contributed by atoms with E-state index in [1.54, 1.807) is 0 Å². The first-order valence-electron chi connectivity index (χ1n) is 5.53. The van der Waals surface area contributed by atoms with Crippen LogP contribution in [0, 0.1) is 0 Å². The third kappa shape index (κ3) is 3.20. The van der Waals surface area contributed by atoms with Gasteiger partial charge in [-0.15, -0.1) is 0 Å². The minimum atomic E-state index is -0.392. The number of benzene rings is 1. The van der Waals surface area contributed by atoms with Gasteiger partial charge in [-0.1, -0.05) is 18.2 Å². The molecule has 4 nitrogen and oxygen atoms in total. The van der Waals surface area contributed by atoms with Gasteiger partial charge in [0, 0.05) is 6.54 Å². The molecular formula is C12H17NO3. The van der Waals surface area contributed by atoms with Crippen molar-refractivity contribution in [2.24, 2.45) is 0 Å². The summed E-state index contributed by atoms with van der Waals surface area (Å²) in [5.74, 6) is 0.868. The van der Waals surface area contributed by atoms with Crippen LogP contribution in [0.4, 0.5) is 0 Å². The minimum absolute atomic E-state index is 0.0411. The van der Waals surface area contributed by atoms with Crippen LogP contribution in [-0.2, 0) is 4.74 Å². The monoisotopic (exact) mass is 223 g/mol. The largest absolute Gasteiger partial charge is 0.492 e. The Labute approximate surface area is 95.2 Å². The Balaban J connectivity index is 1.62. The standard InChI is InChI=1S/C12H17NO3/c14-12-9-15-8-11(12)13-6-7-16-10-4-2-1-3-5-10/h1-5,11-14H,6-9H2. The third-order valence-corrected chi connectivity index (χ3v) is 2.57. The van der Waals surface area contributed by atoms with Crippen molar-refractivity contribution in [2.45, 2.75) is 12.1 Å². The van der Waals surface area contributed by atoms with E-state index in [1.165, 1.54) is 0 Å². The number of nitrogens with one attached hydrogen (secondary N) is 1. The van der Waals surface area contributed by atoms with Gasteiger partial charge in [-0.2, -0.15) is 0 Å². The Morgan fingerprint density at radius 3 is 2.81 bits per heavy atom. The molecule has 0 amide bonds. The Hall–Kier alpha value is -1.10. The summed E-state index contributed by atoms with van der Waals surface area (Å²) in [5, 5.41) is 12.7. The molecule has 2 rings (SSSR count). The molecule has 0 bridgehead atoms. The SMILES string of the molecule is OC1COCC1NCCOc1ccccc1. The van der Waals surface area contributed by atoms with Crippen molar-refractivity contribution in [1.29, 1.82) is 0 Å². The van der Waals surface area contributed by atoms with Crippen molar-refractivity contribution in [3.63, 3.8) is 0 Å². The van der Waals surface area contributed by atoms with Gasteiger partial charge < -0.3 is 19.9 Å². The molecule has 1 aliphatic rings. The predicted molar refractivity (Wildman–Crippen MR) is 60.6 cm³/mol. The van der Waals surface area contributed by atoms with Crippen LogP contribution in [0.15, 0.2) is 30.3 Å². The van der Waals surface area contributed by atoms with Crippen molar-refractivity contribution in [3.8, 4) is 5.75 Å². The van der Waals surface area contributed by atoms with E-state index in [-0.39, 0.29) is 6.04 Å². The summed E-state index contributed by atoms with van der Waals surface area (Å²) in [7, 11) is 0. The van der Waals surface area contributed by atoms with Gasteiger partial charge in [-0.3, -0.25) is 0 Å². The number of hydrogen-bond acceptors (Lipinski definition) is 4. The molecule has 16 heavy (non-hydrogen) atoms. The van der Waals surface area contributed by atoms with E-state index in [0.717, 1.165) is 5.75 Å². The van der Waals surface area contributed by atoms with Gasteiger partial charge >= 0.3 is 0 Å². The first kappa shape index (κ1) is 11.4. The number of ether oxygens (including phenoxy) is 2. The molecule has 0 spiro atoms. The van der Waals surface area contributed by atoms with Crippen molar-refractivity contribution >= 4 is 0 Å². The fourth-order valence-electron chi connectivity index (χ4n) is 1.67. The smallest absolute Gasteiger partial charge is 0.119 e. The van der Waals surface area contributed by atoms with Crippen LogP contribution in [0.5, 0.6) is 5.75 Å². The maximum Gasteiger partial charge on any atom is 0.119 e. The summed E-state index contributed by atoms with van der Waals surface area (Å²) in [6.45, 7) is 2.30. The summed E-state index contributed by atoms with van der Waals surface area (Å²) >= 11 is 0. The molecule has 4 heteroatoms. The quantitative estimate of drug-likeness (QED) is 0.710. The summed E-state index contributed by atoms with van der Waals surface area (Å²) in [6, 6.07) is 9.73. The van der Waals surface area contributed by atoms with Crippen LogP contribution in [0.2, 0.25) is 0 Å². The average Bonchev–Trinajstić information content (AvgIpc) is 2.72. The molecule has 1 aromatic rings. The van der Waals surface area contributed by atoms with Gasteiger partial charge in [0.2, 0.25) is 0 Å². The molecule has 1 aliphatic heterocycles. The van der Waals surface area contributed by atoms with Gasteiger partial charge in [0.1, 0.15) is 12.4 Å². The first-order chi connectivity index (χ1) is 7.86. The van der Waals surface area contributed by atoms with E-state index in [4.69, 9.17) is 9.47 Å². The van der Waals surface area contributed by atoms with Gasteiger partial charge in [-0.05, 0) is 12.1 Å². The highest BCUT2D eigenvalue weighted by Crippen LogP contribution is 2.08. The molecule has 1 fully saturated rings. The van der Waals surface area contributed by atoms with E-state index in [1.807, 2.05) is 30.3 Å². The van der Waals surface area contributed by atoms with Crippen LogP contribution in [0.1, 0.15) is 0 Å². The maximum absolute atomic E-state index is 9.48. The summed E-state index contributed by atoms with van der Waals surface area (Å²) in [5.41, 5.74) is 0. The fourth-order valence-corrected chi connectivity index (χ4v) is 1.67. The Kier molecular flexibility index (Phi) is 4.16. The van der Waals surface area contributed by atoms with Gasteiger partial charge in [0.05, 0.1) is 25.4 Å². The van der Waals surface area contributed by atoms with E-state index in [9.17, 15) is 5.11 Å². The van der Waals surface area contributed by atoms with Crippen molar-refractivity contribution < 1.29 is 14.6 Å². The zero-order chi connectivity index (χ0) is 11.2. The molecule has 0 radical (unpaired) electrons. The predicted octanol–water partition coefficient (Wildman–Crippen LogP) is 0.415.